The Morgan fingerprint density at radius 1 is 1.14 bits per heavy atom. The third kappa shape index (κ3) is 3.21. The van der Waals surface area contributed by atoms with Crippen LogP contribution in [0.15, 0.2) is 65.8 Å². The largest absolute Gasteiger partial charge is 0.384 e. The molecule has 0 radical (unpaired) electrons. The summed E-state index contributed by atoms with van der Waals surface area (Å²) in [6.07, 6.45) is 4.34. The molecule has 2 heterocycles. The van der Waals surface area contributed by atoms with E-state index in [1.165, 1.54) is 24.1 Å². The fourth-order valence-electron chi connectivity index (χ4n) is 3.22. The molecule has 1 aliphatic rings. The standard InChI is InChI=1S/C21H16ClF2N3O/c1-28-19-9-4-14(22)11-27(19)17-7-5-15(23)20(21(17)24)13-2-6-16-12(10-13)3-8-18(25)26-16/h2-11,19H,1H3,(H2,25,26). The van der Waals surface area contributed by atoms with Gasteiger partial charge in [-0.2, -0.15) is 0 Å². The van der Waals surface area contributed by atoms with Gasteiger partial charge in [-0.15, -0.1) is 0 Å². The van der Waals surface area contributed by atoms with Crippen molar-refractivity contribution in [3.63, 3.8) is 0 Å². The molecule has 28 heavy (non-hydrogen) atoms. The Bertz CT molecular complexity index is 1130. The molecule has 4 rings (SSSR count). The molecule has 0 amide bonds. The number of hydrogen-bond donors (Lipinski definition) is 1. The highest BCUT2D eigenvalue weighted by atomic mass is 35.5. The molecule has 0 spiro atoms. The maximum absolute atomic E-state index is 15.4. The van der Waals surface area contributed by atoms with E-state index in [-0.39, 0.29) is 11.3 Å². The number of benzene rings is 2. The summed E-state index contributed by atoms with van der Waals surface area (Å²) in [5, 5.41) is 1.14. The van der Waals surface area contributed by atoms with Crippen LogP contribution < -0.4 is 10.6 Å². The minimum Gasteiger partial charge on any atom is -0.384 e. The van der Waals surface area contributed by atoms with Gasteiger partial charge in [0.25, 0.3) is 0 Å². The van der Waals surface area contributed by atoms with Crippen LogP contribution in [0.3, 0.4) is 0 Å². The van der Waals surface area contributed by atoms with Crippen LogP contribution in [0.2, 0.25) is 0 Å². The fraction of sp³-hybridized carbons (Fsp3) is 0.0952. The molecule has 0 saturated heterocycles. The molecule has 1 aromatic heterocycles. The first-order valence-corrected chi connectivity index (χ1v) is 8.87. The molecule has 0 bridgehead atoms. The SMILES string of the molecule is COC1C=CC(Cl)=CN1c1ccc(F)c(-c2ccc3nc(N)ccc3c2)c1F. The van der Waals surface area contributed by atoms with E-state index in [0.29, 0.717) is 21.9 Å². The lowest BCUT2D eigenvalue weighted by Gasteiger charge is -2.30. The highest BCUT2D eigenvalue weighted by molar-refractivity contribution is 6.31. The molecular weight excluding hydrogens is 384 g/mol. The lowest BCUT2D eigenvalue weighted by Crippen LogP contribution is -2.33. The normalized spacial score (nSPS) is 16.5. The van der Waals surface area contributed by atoms with Crippen molar-refractivity contribution in [1.29, 1.82) is 0 Å². The average Bonchev–Trinajstić information content (AvgIpc) is 2.68. The summed E-state index contributed by atoms with van der Waals surface area (Å²) in [4.78, 5) is 5.73. The summed E-state index contributed by atoms with van der Waals surface area (Å²) in [7, 11) is 1.50. The Morgan fingerprint density at radius 2 is 1.96 bits per heavy atom. The number of rotatable bonds is 3. The van der Waals surface area contributed by atoms with E-state index < -0.39 is 17.9 Å². The van der Waals surface area contributed by atoms with Crippen LogP contribution in [0, 0.1) is 11.6 Å². The van der Waals surface area contributed by atoms with Crippen molar-refractivity contribution in [3.05, 3.63) is 77.5 Å². The molecule has 0 saturated carbocycles. The molecule has 142 valence electrons. The fourth-order valence-corrected chi connectivity index (χ4v) is 3.40. The molecular formula is C21H16ClF2N3O. The number of allylic oxidation sites excluding steroid dienone is 2. The van der Waals surface area contributed by atoms with Gasteiger partial charge in [0, 0.05) is 18.7 Å². The van der Waals surface area contributed by atoms with Crippen LogP contribution in [0.1, 0.15) is 0 Å². The smallest absolute Gasteiger partial charge is 0.157 e. The van der Waals surface area contributed by atoms with Crippen LogP contribution in [-0.4, -0.2) is 18.3 Å². The summed E-state index contributed by atoms with van der Waals surface area (Å²) < 4.78 is 35.4. The molecule has 0 fully saturated rings. The van der Waals surface area contributed by atoms with Crippen LogP contribution >= 0.6 is 11.6 Å². The molecule has 7 heteroatoms. The van der Waals surface area contributed by atoms with Crippen molar-refractivity contribution in [2.45, 2.75) is 6.23 Å². The van der Waals surface area contributed by atoms with Gasteiger partial charge in [0.15, 0.2) is 12.0 Å². The van der Waals surface area contributed by atoms with E-state index >= 15 is 4.39 Å². The number of nitrogen functional groups attached to an aromatic ring is 1. The number of pyridine rings is 1. The lowest BCUT2D eigenvalue weighted by molar-refractivity contribution is 0.143. The van der Waals surface area contributed by atoms with Gasteiger partial charge in [0.2, 0.25) is 0 Å². The molecule has 0 aliphatic carbocycles. The molecule has 1 aliphatic heterocycles. The zero-order chi connectivity index (χ0) is 19.8. The maximum Gasteiger partial charge on any atom is 0.157 e. The third-order valence-electron chi connectivity index (χ3n) is 4.55. The number of methoxy groups -OCH3 is 1. The second-order valence-corrected chi connectivity index (χ2v) is 6.74. The summed E-state index contributed by atoms with van der Waals surface area (Å²) in [6, 6.07) is 11.0. The van der Waals surface area contributed by atoms with E-state index in [4.69, 9.17) is 22.1 Å². The first kappa shape index (κ1) is 18.4. The van der Waals surface area contributed by atoms with Crippen LogP contribution in [-0.2, 0) is 4.74 Å². The second-order valence-electron chi connectivity index (χ2n) is 6.31. The lowest BCUT2D eigenvalue weighted by atomic mass is 10.0. The first-order valence-electron chi connectivity index (χ1n) is 8.49. The highest BCUT2D eigenvalue weighted by Crippen LogP contribution is 2.36. The average molecular weight is 400 g/mol. The van der Waals surface area contributed by atoms with Gasteiger partial charge >= 0.3 is 0 Å². The summed E-state index contributed by atoms with van der Waals surface area (Å²) in [5.74, 6) is -0.992. The van der Waals surface area contributed by atoms with E-state index in [1.807, 2.05) is 0 Å². The number of hydrogen-bond acceptors (Lipinski definition) is 4. The predicted molar refractivity (Wildman–Crippen MR) is 108 cm³/mol. The van der Waals surface area contributed by atoms with Crippen LogP contribution in [0.4, 0.5) is 20.3 Å². The van der Waals surface area contributed by atoms with Gasteiger partial charge in [-0.25, -0.2) is 13.8 Å². The monoisotopic (exact) mass is 399 g/mol. The van der Waals surface area contributed by atoms with E-state index in [0.717, 1.165) is 5.39 Å². The van der Waals surface area contributed by atoms with E-state index in [9.17, 15) is 4.39 Å². The van der Waals surface area contributed by atoms with Gasteiger partial charge in [0.05, 0.1) is 21.8 Å². The number of halogens is 3. The Kier molecular flexibility index (Phi) is 4.75. The Morgan fingerprint density at radius 3 is 2.75 bits per heavy atom. The van der Waals surface area contributed by atoms with Gasteiger partial charge in [-0.05, 0) is 54.1 Å². The van der Waals surface area contributed by atoms with E-state index in [1.54, 1.807) is 48.7 Å². The second kappa shape index (κ2) is 7.22. The van der Waals surface area contributed by atoms with Gasteiger partial charge in [0.1, 0.15) is 11.6 Å². The summed E-state index contributed by atoms with van der Waals surface area (Å²) in [5.41, 5.74) is 6.76. The predicted octanol–water partition coefficient (Wildman–Crippen LogP) is 5.19. The van der Waals surface area contributed by atoms with Crippen molar-refractivity contribution in [2.75, 3.05) is 17.7 Å². The van der Waals surface area contributed by atoms with Gasteiger partial charge < -0.3 is 15.4 Å². The van der Waals surface area contributed by atoms with Crippen LogP contribution in [0.5, 0.6) is 0 Å². The highest BCUT2D eigenvalue weighted by Gasteiger charge is 2.24. The maximum atomic E-state index is 15.4. The summed E-state index contributed by atoms with van der Waals surface area (Å²) in [6.45, 7) is 0. The van der Waals surface area contributed by atoms with Crippen molar-refractivity contribution in [2.24, 2.45) is 0 Å². The van der Waals surface area contributed by atoms with Gasteiger partial charge in [-0.3, -0.25) is 0 Å². The molecule has 1 unspecified atom stereocenters. The summed E-state index contributed by atoms with van der Waals surface area (Å²) >= 11 is 6.07. The Balaban J connectivity index is 1.86. The number of nitrogens with zero attached hydrogens (tertiary/aromatic N) is 2. The Labute approximate surface area is 165 Å². The van der Waals surface area contributed by atoms with Crippen molar-refractivity contribution >= 4 is 34.0 Å². The number of ether oxygens (including phenoxy) is 1. The molecule has 2 N–H and O–H groups in total. The van der Waals surface area contributed by atoms with Crippen molar-refractivity contribution < 1.29 is 13.5 Å². The number of anilines is 2. The zero-order valence-corrected chi connectivity index (χ0v) is 15.6. The molecule has 1 atom stereocenters. The van der Waals surface area contributed by atoms with Crippen molar-refractivity contribution in [3.8, 4) is 11.1 Å². The van der Waals surface area contributed by atoms with Crippen LogP contribution in [0.25, 0.3) is 22.0 Å². The first-order chi connectivity index (χ1) is 13.5. The quantitative estimate of drug-likeness (QED) is 0.658. The topological polar surface area (TPSA) is 51.4 Å². The van der Waals surface area contributed by atoms with Crippen molar-refractivity contribution in [1.82, 2.24) is 4.98 Å². The number of nitrogens with two attached hydrogens (primary N) is 1. The molecule has 4 nitrogen and oxygen atoms in total. The number of fused-ring (bicyclic) bond motifs is 1. The van der Waals surface area contributed by atoms with Gasteiger partial charge in [-0.1, -0.05) is 17.7 Å². The molecule has 2 aromatic carbocycles. The third-order valence-corrected chi connectivity index (χ3v) is 4.77. The molecule has 3 aromatic rings. The Hall–Kier alpha value is -2.96. The minimum absolute atomic E-state index is 0.134. The van der Waals surface area contributed by atoms with E-state index in [2.05, 4.69) is 4.98 Å². The number of aromatic nitrogens is 1. The zero-order valence-electron chi connectivity index (χ0n) is 14.9. The minimum atomic E-state index is -0.708.